The number of nitrogens with zero attached hydrogens (tertiary/aromatic N) is 2. The summed E-state index contributed by atoms with van der Waals surface area (Å²) in [6.07, 6.45) is 6.10. The summed E-state index contributed by atoms with van der Waals surface area (Å²) >= 11 is 0. The Kier molecular flexibility index (Phi) is 5.56. The van der Waals surface area contributed by atoms with Crippen LogP contribution >= 0.6 is 0 Å². The van der Waals surface area contributed by atoms with Crippen molar-refractivity contribution in [2.75, 3.05) is 17.8 Å². The molecule has 1 aromatic carbocycles. The first-order chi connectivity index (χ1) is 12.5. The summed E-state index contributed by atoms with van der Waals surface area (Å²) in [6.45, 7) is 3.33. The molecular formula is C19H23N3O3S. The van der Waals surface area contributed by atoms with Gasteiger partial charge in [-0.3, -0.25) is 14.5 Å². The molecule has 0 atom stereocenters. The number of carbonyl (C=O) groups is 1. The predicted octanol–water partition coefficient (Wildman–Crippen LogP) is 3.14. The Morgan fingerprint density at radius 1 is 1.23 bits per heavy atom. The number of hydrogen-bond acceptors (Lipinski definition) is 4. The summed E-state index contributed by atoms with van der Waals surface area (Å²) < 4.78 is 28.2. The Balaban J connectivity index is 1.90. The van der Waals surface area contributed by atoms with E-state index in [4.69, 9.17) is 0 Å². The van der Waals surface area contributed by atoms with Gasteiger partial charge in [-0.25, -0.2) is 8.42 Å². The van der Waals surface area contributed by atoms with Gasteiger partial charge in [0.15, 0.2) is 0 Å². The Morgan fingerprint density at radius 3 is 2.65 bits per heavy atom. The normalized spacial score (nSPS) is 14.0. The first kappa shape index (κ1) is 18.4. The van der Waals surface area contributed by atoms with Crippen molar-refractivity contribution in [3.8, 4) is 0 Å². The molecule has 1 heterocycles. The van der Waals surface area contributed by atoms with Crippen LogP contribution in [0, 0.1) is 5.92 Å². The molecule has 0 saturated heterocycles. The largest absolute Gasteiger partial charge is 0.338 e. The van der Waals surface area contributed by atoms with E-state index in [2.05, 4.69) is 9.71 Å². The highest BCUT2D eigenvalue weighted by molar-refractivity contribution is 7.92. The highest BCUT2D eigenvalue weighted by atomic mass is 32.2. The van der Waals surface area contributed by atoms with E-state index in [0.29, 0.717) is 24.7 Å². The van der Waals surface area contributed by atoms with Crippen LogP contribution in [0.4, 0.5) is 5.69 Å². The maximum absolute atomic E-state index is 13.0. The molecule has 2 aromatic rings. The third-order valence-electron chi connectivity index (χ3n) is 4.28. The number of benzene rings is 1. The molecule has 0 radical (unpaired) electrons. The van der Waals surface area contributed by atoms with E-state index < -0.39 is 10.0 Å². The summed E-state index contributed by atoms with van der Waals surface area (Å²) in [4.78, 5) is 18.7. The van der Waals surface area contributed by atoms with E-state index in [1.54, 1.807) is 41.4 Å². The zero-order chi connectivity index (χ0) is 18.6. The van der Waals surface area contributed by atoms with Crippen LogP contribution < -0.4 is 4.72 Å². The van der Waals surface area contributed by atoms with Crippen LogP contribution in [-0.2, 0) is 10.0 Å². The first-order valence-corrected chi connectivity index (χ1v) is 10.3. The van der Waals surface area contributed by atoms with Crippen LogP contribution in [0.3, 0.4) is 0 Å². The molecule has 1 N–H and O–H groups in total. The maximum Gasteiger partial charge on any atom is 0.262 e. The van der Waals surface area contributed by atoms with Crippen molar-refractivity contribution >= 4 is 21.6 Å². The minimum absolute atomic E-state index is 0.00856. The molecule has 0 bridgehead atoms. The third-order valence-corrected chi connectivity index (χ3v) is 5.72. The minimum atomic E-state index is -3.89. The summed E-state index contributed by atoms with van der Waals surface area (Å²) in [6, 6.07) is 9.62. The number of hydrogen-bond donors (Lipinski definition) is 1. The Morgan fingerprint density at radius 2 is 2.00 bits per heavy atom. The van der Waals surface area contributed by atoms with E-state index in [0.717, 1.165) is 19.3 Å². The van der Waals surface area contributed by atoms with Gasteiger partial charge in [0.2, 0.25) is 0 Å². The Hall–Kier alpha value is -2.41. The fraction of sp³-hybridized carbons (Fsp3) is 0.368. The molecule has 0 unspecified atom stereocenters. The van der Waals surface area contributed by atoms with Gasteiger partial charge in [-0.15, -0.1) is 0 Å². The molecule has 3 rings (SSSR count). The van der Waals surface area contributed by atoms with Crippen molar-refractivity contribution in [3.63, 3.8) is 0 Å². The van der Waals surface area contributed by atoms with E-state index in [1.807, 2.05) is 6.92 Å². The molecule has 1 amide bonds. The van der Waals surface area contributed by atoms with Crippen LogP contribution in [0.2, 0.25) is 0 Å². The van der Waals surface area contributed by atoms with E-state index in [9.17, 15) is 13.2 Å². The fourth-order valence-electron chi connectivity index (χ4n) is 2.84. The molecule has 1 saturated carbocycles. The molecule has 1 aliphatic rings. The second-order valence-corrected chi connectivity index (χ2v) is 8.19. The van der Waals surface area contributed by atoms with Crippen molar-refractivity contribution in [2.45, 2.75) is 31.1 Å². The van der Waals surface area contributed by atoms with Gasteiger partial charge in [0.05, 0.1) is 17.4 Å². The van der Waals surface area contributed by atoms with E-state index >= 15 is 0 Å². The van der Waals surface area contributed by atoms with Gasteiger partial charge in [-0.2, -0.15) is 0 Å². The molecule has 1 fully saturated rings. The number of nitrogens with one attached hydrogen (secondary N) is 1. The molecule has 0 spiro atoms. The van der Waals surface area contributed by atoms with Gasteiger partial charge in [0.25, 0.3) is 15.9 Å². The molecule has 138 valence electrons. The summed E-state index contributed by atoms with van der Waals surface area (Å²) in [5.74, 6) is 0.314. The van der Waals surface area contributed by atoms with Crippen molar-refractivity contribution in [3.05, 3.63) is 54.4 Å². The number of sulfonamides is 1. The zero-order valence-electron chi connectivity index (χ0n) is 14.8. The van der Waals surface area contributed by atoms with Crippen LogP contribution in [0.25, 0.3) is 0 Å². The molecule has 0 aliphatic heterocycles. The number of pyridine rings is 1. The fourth-order valence-corrected chi connectivity index (χ4v) is 4.08. The lowest BCUT2D eigenvalue weighted by Crippen LogP contribution is -2.34. The average molecular weight is 373 g/mol. The van der Waals surface area contributed by atoms with Gasteiger partial charge in [-0.1, -0.05) is 19.1 Å². The standard InChI is InChI=1S/C19H23N3O3S/c1-2-12-22(14-15-9-10-15)19(23)17-7-3-4-8-18(17)26(24,25)21-16-6-5-11-20-13-16/h3-8,11,13,15,21H,2,9-10,12,14H2,1H3. The predicted molar refractivity (Wildman–Crippen MR) is 100 cm³/mol. The minimum Gasteiger partial charge on any atom is -0.338 e. The Bertz CT molecular complexity index is 865. The van der Waals surface area contributed by atoms with Gasteiger partial charge in [-0.05, 0) is 49.4 Å². The van der Waals surface area contributed by atoms with Crippen molar-refractivity contribution in [1.82, 2.24) is 9.88 Å². The lowest BCUT2D eigenvalue weighted by molar-refractivity contribution is 0.0744. The summed E-state index contributed by atoms with van der Waals surface area (Å²) in [5.41, 5.74) is 0.566. The SMILES string of the molecule is CCCN(CC1CC1)C(=O)c1ccccc1S(=O)(=O)Nc1cccnc1. The summed E-state index contributed by atoms with van der Waals surface area (Å²) in [5, 5.41) is 0. The van der Waals surface area contributed by atoms with Crippen molar-refractivity contribution < 1.29 is 13.2 Å². The Labute approximate surface area is 154 Å². The number of aromatic nitrogens is 1. The lowest BCUT2D eigenvalue weighted by Gasteiger charge is -2.23. The summed E-state index contributed by atoms with van der Waals surface area (Å²) in [7, 11) is -3.89. The van der Waals surface area contributed by atoms with Crippen molar-refractivity contribution in [1.29, 1.82) is 0 Å². The number of anilines is 1. The maximum atomic E-state index is 13.0. The van der Waals surface area contributed by atoms with E-state index in [-0.39, 0.29) is 16.4 Å². The molecular weight excluding hydrogens is 350 g/mol. The number of carbonyl (C=O) groups excluding carboxylic acids is 1. The van der Waals surface area contributed by atoms with Crippen LogP contribution in [0.15, 0.2) is 53.7 Å². The van der Waals surface area contributed by atoms with Crippen LogP contribution in [0.1, 0.15) is 36.5 Å². The van der Waals surface area contributed by atoms with E-state index in [1.165, 1.54) is 12.3 Å². The lowest BCUT2D eigenvalue weighted by atomic mass is 10.2. The number of amides is 1. The van der Waals surface area contributed by atoms with Crippen molar-refractivity contribution in [2.24, 2.45) is 5.92 Å². The topological polar surface area (TPSA) is 79.4 Å². The van der Waals surface area contributed by atoms with Gasteiger partial charge >= 0.3 is 0 Å². The highest BCUT2D eigenvalue weighted by Crippen LogP contribution is 2.30. The van der Waals surface area contributed by atoms with Gasteiger partial charge < -0.3 is 4.90 Å². The average Bonchev–Trinajstić information content (AvgIpc) is 3.45. The molecule has 6 nitrogen and oxygen atoms in total. The number of rotatable bonds is 8. The second kappa shape index (κ2) is 7.86. The highest BCUT2D eigenvalue weighted by Gasteiger charge is 2.29. The van der Waals surface area contributed by atoms with Crippen LogP contribution in [0.5, 0.6) is 0 Å². The zero-order valence-corrected chi connectivity index (χ0v) is 15.6. The smallest absolute Gasteiger partial charge is 0.262 e. The first-order valence-electron chi connectivity index (χ1n) is 8.82. The monoisotopic (exact) mass is 373 g/mol. The molecule has 1 aliphatic carbocycles. The third kappa shape index (κ3) is 4.40. The molecule has 1 aromatic heterocycles. The van der Waals surface area contributed by atoms with Gasteiger partial charge in [0.1, 0.15) is 4.90 Å². The molecule has 26 heavy (non-hydrogen) atoms. The van der Waals surface area contributed by atoms with Gasteiger partial charge in [0, 0.05) is 19.3 Å². The second-order valence-electron chi connectivity index (χ2n) is 6.54. The molecule has 7 heteroatoms. The quantitative estimate of drug-likeness (QED) is 0.771. The van der Waals surface area contributed by atoms with Crippen LogP contribution in [-0.4, -0.2) is 37.3 Å².